The van der Waals surface area contributed by atoms with Gasteiger partial charge in [0.25, 0.3) is 5.56 Å². The number of hydrogen-bond donors (Lipinski definition) is 3. The topological polar surface area (TPSA) is 122 Å². The highest BCUT2D eigenvalue weighted by Gasteiger charge is 2.59. The number of alkyl halides is 5. The Morgan fingerprint density at radius 1 is 1.27 bits per heavy atom. The maximum Gasteiger partial charge on any atom is 0.458 e. The Morgan fingerprint density at radius 3 is 2.62 bits per heavy atom. The molecule has 0 aromatic carbocycles. The second-order valence-electron chi connectivity index (χ2n) is 7.62. The van der Waals surface area contributed by atoms with Crippen molar-refractivity contribution in [2.24, 2.45) is 19.1 Å². The van der Waals surface area contributed by atoms with E-state index >= 15 is 0 Å². The standard InChI is InChI=1S/C21H16ClF5N8O2/c1-34-9-10(20(23,24)21(25,26)27)5-11(18(34)36)32-19-33-17-16(35(19)2)15(22)14(8-31-17)37-13(6-28)12-7-29-3-4-30-12/h3-9,28,30H,1-2H3,(H,31,32,33)/b13-12+,28-6?. The summed E-state index contributed by atoms with van der Waals surface area (Å²) in [7, 11) is 2.49. The van der Waals surface area contributed by atoms with Crippen LogP contribution in [-0.2, 0) is 20.0 Å². The number of halogens is 6. The van der Waals surface area contributed by atoms with Gasteiger partial charge in [-0.25, -0.2) is 4.98 Å². The summed E-state index contributed by atoms with van der Waals surface area (Å²) in [6.45, 7) is 0. The number of fused-ring (bicyclic) bond motifs is 1. The first-order valence-electron chi connectivity index (χ1n) is 10.2. The van der Waals surface area contributed by atoms with E-state index in [1.807, 2.05) is 0 Å². The molecule has 37 heavy (non-hydrogen) atoms. The van der Waals surface area contributed by atoms with Crippen molar-refractivity contribution in [2.75, 3.05) is 5.32 Å². The molecule has 0 fully saturated rings. The number of imidazole rings is 1. The number of nitrogens with zero attached hydrogens (tertiary/aromatic N) is 5. The zero-order valence-electron chi connectivity index (χ0n) is 18.9. The lowest BCUT2D eigenvalue weighted by Crippen LogP contribution is -2.35. The molecule has 0 spiro atoms. The number of rotatable bonds is 6. The van der Waals surface area contributed by atoms with E-state index in [0.29, 0.717) is 22.5 Å². The summed E-state index contributed by atoms with van der Waals surface area (Å²) in [5, 5.41) is 12.9. The number of anilines is 2. The van der Waals surface area contributed by atoms with Crippen molar-refractivity contribution in [2.45, 2.75) is 12.1 Å². The van der Waals surface area contributed by atoms with Gasteiger partial charge in [-0.2, -0.15) is 26.9 Å². The second kappa shape index (κ2) is 9.31. The highest BCUT2D eigenvalue weighted by molar-refractivity contribution is 6.36. The van der Waals surface area contributed by atoms with Crippen molar-refractivity contribution in [1.29, 1.82) is 5.41 Å². The van der Waals surface area contributed by atoms with Gasteiger partial charge in [-0.1, -0.05) is 11.6 Å². The van der Waals surface area contributed by atoms with Crippen LogP contribution in [0.25, 0.3) is 11.2 Å². The first kappa shape index (κ1) is 25.8. The van der Waals surface area contributed by atoms with Crippen molar-refractivity contribution in [3.8, 4) is 5.75 Å². The van der Waals surface area contributed by atoms with Gasteiger partial charge in [0, 0.05) is 38.3 Å². The fourth-order valence-corrected chi connectivity index (χ4v) is 3.59. The van der Waals surface area contributed by atoms with Gasteiger partial charge in [-0.3, -0.25) is 9.79 Å². The SMILES string of the molecule is Cn1cc(C(F)(F)C(F)(F)F)cc(Nc2nc3ncc(O/C(C=N)=C4\C=NC=CN4)c(Cl)c3n2C)c1=O. The molecule has 10 nitrogen and oxygen atoms in total. The zero-order valence-corrected chi connectivity index (χ0v) is 19.6. The van der Waals surface area contributed by atoms with Crippen LogP contribution in [0.3, 0.4) is 0 Å². The van der Waals surface area contributed by atoms with E-state index in [2.05, 4.69) is 25.6 Å². The van der Waals surface area contributed by atoms with Gasteiger partial charge in [0.05, 0.1) is 18.6 Å². The molecule has 0 aliphatic carbocycles. The summed E-state index contributed by atoms with van der Waals surface area (Å²) in [6.07, 6.45) is 1.12. The summed E-state index contributed by atoms with van der Waals surface area (Å²) in [5.74, 6) is -5.24. The van der Waals surface area contributed by atoms with E-state index in [-0.39, 0.29) is 33.6 Å². The number of pyridine rings is 2. The number of aromatic nitrogens is 4. The number of hydrogen-bond acceptors (Lipinski definition) is 8. The molecule has 1 aliphatic rings. The van der Waals surface area contributed by atoms with Gasteiger partial charge in [-0.15, -0.1) is 0 Å². The summed E-state index contributed by atoms with van der Waals surface area (Å²) in [5.41, 5.74) is -2.28. The van der Waals surface area contributed by atoms with Crippen LogP contribution >= 0.6 is 11.6 Å². The number of nitrogens with one attached hydrogen (secondary N) is 3. The van der Waals surface area contributed by atoms with Gasteiger partial charge in [0.15, 0.2) is 17.2 Å². The Labute approximate surface area is 209 Å². The molecular formula is C21H16ClF5N8O2. The minimum atomic E-state index is -5.87. The Morgan fingerprint density at radius 2 is 2.00 bits per heavy atom. The average Bonchev–Trinajstić information content (AvgIpc) is 3.16. The van der Waals surface area contributed by atoms with E-state index in [1.54, 1.807) is 0 Å². The summed E-state index contributed by atoms with van der Waals surface area (Å²) in [4.78, 5) is 24.7. The van der Waals surface area contributed by atoms with Crippen LogP contribution in [0.4, 0.5) is 33.6 Å². The molecule has 0 saturated carbocycles. The van der Waals surface area contributed by atoms with Crippen LogP contribution in [-0.4, -0.2) is 37.7 Å². The van der Waals surface area contributed by atoms with E-state index in [9.17, 15) is 26.7 Å². The van der Waals surface area contributed by atoms with Gasteiger partial charge in [0.1, 0.15) is 21.9 Å². The molecule has 3 aromatic heterocycles. The molecule has 4 heterocycles. The van der Waals surface area contributed by atoms with Crippen molar-refractivity contribution in [1.82, 2.24) is 24.4 Å². The Hall–Kier alpha value is -4.27. The van der Waals surface area contributed by atoms with E-state index < -0.39 is 28.9 Å². The maximum atomic E-state index is 13.9. The largest absolute Gasteiger partial charge is 0.458 e. The molecule has 0 atom stereocenters. The van der Waals surface area contributed by atoms with E-state index in [4.69, 9.17) is 21.7 Å². The van der Waals surface area contributed by atoms with Crippen LogP contribution in [0.5, 0.6) is 5.75 Å². The number of aryl methyl sites for hydroxylation is 2. The maximum absolute atomic E-state index is 13.9. The van der Waals surface area contributed by atoms with Crippen LogP contribution in [0, 0.1) is 5.41 Å². The molecule has 194 valence electrons. The fraction of sp³-hybridized carbons (Fsp3) is 0.190. The summed E-state index contributed by atoms with van der Waals surface area (Å²) in [6, 6.07) is 0.411. The van der Waals surface area contributed by atoms with E-state index in [1.165, 1.54) is 36.4 Å². The number of ether oxygens (including phenoxy) is 1. The van der Waals surface area contributed by atoms with Crippen molar-refractivity contribution >= 4 is 46.8 Å². The zero-order chi connectivity index (χ0) is 27.1. The lowest BCUT2D eigenvalue weighted by atomic mass is 10.1. The molecular weight excluding hydrogens is 527 g/mol. The number of allylic oxidation sites excluding steroid dienone is 2. The third-order valence-corrected chi connectivity index (χ3v) is 5.54. The third-order valence-electron chi connectivity index (χ3n) is 5.17. The number of aliphatic imine (C=N–C) groups is 1. The minimum Gasteiger partial charge on any atom is -0.450 e. The Kier molecular flexibility index (Phi) is 6.50. The summed E-state index contributed by atoms with van der Waals surface area (Å²) >= 11 is 6.49. The summed E-state index contributed by atoms with van der Waals surface area (Å²) < 4.78 is 74.2. The Bertz CT molecular complexity index is 1550. The highest BCUT2D eigenvalue weighted by Crippen LogP contribution is 2.44. The molecule has 4 rings (SSSR count). The van der Waals surface area contributed by atoms with Crippen LogP contribution < -0.4 is 20.9 Å². The van der Waals surface area contributed by atoms with Crippen molar-refractivity contribution < 1.29 is 26.7 Å². The second-order valence-corrected chi connectivity index (χ2v) is 8.00. The van der Waals surface area contributed by atoms with Crippen LogP contribution in [0.2, 0.25) is 5.02 Å². The van der Waals surface area contributed by atoms with E-state index in [0.717, 1.165) is 13.3 Å². The fourth-order valence-electron chi connectivity index (χ4n) is 3.29. The predicted molar refractivity (Wildman–Crippen MR) is 126 cm³/mol. The van der Waals surface area contributed by atoms with Crippen LogP contribution in [0.1, 0.15) is 5.56 Å². The third kappa shape index (κ3) is 4.64. The monoisotopic (exact) mass is 542 g/mol. The average molecular weight is 543 g/mol. The highest BCUT2D eigenvalue weighted by atomic mass is 35.5. The molecule has 0 saturated heterocycles. The molecule has 0 amide bonds. The molecule has 1 aliphatic heterocycles. The minimum absolute atomic E-state index is 0.00143. The quantitative estimate of drug-likeness (QED) is 0.245. The van der Waals surface area contributed by atoms with Gasteiger partial charge < -0.3 is 29.9 Å². The Balaban J connectivity index is 1.74. The first-order chi connectivity index (χ1) is 17.3. The van der Waals surface area contributed by atoms with Crippen molar-refractivity contribution in [3.05, 3.63) is 63.3 Å². The van der Waals surface area contributed by atoms with Gasteiger partial charge in [-0.05, 0) is 6.07 Å². The molecule has 3 aromatic rings. The van der Waals surface area contributed by atoms with Gasteiger partial charge >= 0.3 is 12.1 Å². The van der Waals surface area contributed by atoms with Gasteiger partial charge in [0.2, 0.25) is 5.95 Å². The lowest BCUT2D eigenvalue weighted by Gasteiger charge is -2.21. The lowest BCUT2D eigenvalue weighted by molar-refractivity contribution is -0.289. The predicted octanol–water partition coefficient (Wildman–Crippen LogP) is 4.10. The van der Waals surface area contributed by atoms with Crippen molar-refractivity contribution in [3.63, 3.8) is 0 Å². The molecule has 16 heteroatoms. The first-order valence-corrected chi connectivity index (χ1v) is 10.5. The molecule has 0 radical (unpaired) electrons. The smallest absolute Gasteiger partial charge is 0.450 e. The van der Waals surface area contributed by atoms with Crippen LogP contribution in [0.15, 0.2) is 52.1 Å². The molecule has 0 bridgehead atoms. The molecule has 0 unspecified atom stereocenters. The molecule has 3 N–H and O–H groups in total. The normalized spacial score (nSPS) is 15.0.